The molecule has 0 amide bonds. The molecule has 0 aliphatic rings. The van der Waals surface area contributed by atoms with Crippen LogP contribution in [0.15, 0.2) is 37.0 Å². The molecule has 0 aromatic heterocycles. The van der Waals surface area contributed by atoms with Crippen molar-refractivity contribution in [3.8, 4) is 0 Å². The minimum atomic E-state index is -1.13. The van der Waals surface area contributed by atoms with Crippen LogP contribution in [0.1, 0.15) is 16.8 Å². The summed E-state index contributed by atoms with van der Waals surface area (Å²) in [5.41, 5.74) is 0.929. The largest absolute Gasteiger partial charge is 0.481 e. The lowest BCUT2D eigenvalue weighted by Gasteiger charge is -2.06. The van der Waals surface area contributed by atoms with E-state index in [0.29, 0.717) is 11.3 Å². The SMILES string of the molecule is C=CNc1ccccc1C(=O)CC(=O)O. The molecule has 1 aromatic carbocycles. The van der Waals surface area contributed by atoms with E-state index in [2.05, 4.69) is 11.9 Å². The first-order chi connectivity index (χ1) is 7.15. The van der Waals surface area contributed by atoms with Crippen LogP contribution in [0.5, 0.6) is 0 Å². The Bertz CT molecular complexity index is 399. The Kier molecular flexibility index (Phi) is 3.62. The molecule has 1 aromatic rings. The normalized spacial score (nSPS) is 9.33. The van der Waals surface area contributed by atoms with E-state index in [0.717, 1.165) is 0 Å². The van der Waals surface area contributed by atoms with Crippen LogP contribution in [0, 0.1) is 0 Å². The van der Waals surface area contributed by atoms with Gasteiger partial charge in [0, 0.05) is 11.3 Å². The van der Waals surface area contributed by atoms with Gasteiger partial charge in [0.25, 0.3) is 0 Å². The number of Topliss-reactive ketones (excluding diaryl/α,β-unsaturated/α-hetero) is 1. The fraction of sp³-hybridized carbons (Fsp3) is 0.0909. The molecule has 0 radical (unpaired) electrons. The van der Waals surface area contributed by atoms with Crippen LogP contribution in [0.4, 0.5) is 5.69 Å². The molecule has 0 atom stereocenters. The second kappa shape index (κ2) is 4.95. The predicted octanol–water partition coefficient (Wildman–Crippen LogP) is 1.90. The lowest BCUT2D eigenvalue weighted by atomic mass is 10.1. The topological polar surface area (TPSA) is 66.4 Å². The van der Waals surface area contributed by atoms with Crippen LogP contribution in [0.3, 0.4) is 0 Å². The first kappa shape index (κ1) is 11.0. The van der Waals surface area contributed by atoms with E-state index in [1.54, 1.807) is 24.3 Å². The lowest BCUT2D eigenvalue weighted by Crippen LogP contribution is -2.08. The van der Waals surface area contributed by atoms with Gasteiger partial charge in [0.2, 0.25) is 0 Å². The van der Waals surface area contributed by atoms with Gasteiger partial charge < -0.3 is 10.4 Å². The van der Waals surface area contributed by atoms with Gasteiger partial charge in [-0.3, -0.25) is 9.59 Å². The highest BCUT2D eigenvalue weighted by atomic mass is 16.4. The van der Waals surface area contributed by atoms with E-state index < -0.39 is 18.2 Å². The molecule has 0 aliphatic carbocycles. The van der Waals surface area contributed by atoms with Crippen LogP contribution in [0.2, 0.25) is 0 Å². The van der Waals surface area contributed by atoms with Crippen molar-refractivity contribution in [2.45, 2.75) is 6.42 Å². The fourth-order valence-electron chi connectivity index (χ4n) is 1.19. The molecule has 0 saturated carbocycles. The zero-order valence-corrected chi connectivity index (χ0v) is 8.06. The van der Waals surface area contributed by atoms with E-state index in [1.165, 1.54) is 6.20 Å². The third kappa shape index (κ3) is 2.95. The Morgan fingerprint density at radius 1 is 1.40 bits per heavy atom. The summed E-state index contributed by atoms with van der Waals surface area (Å²) < 4.78 is 0. The molecule has 4 heteroatoms. The van der Waals surface area contributed by atoms with Gasteiger partial charge in [-0.2, -0.15) is 0 Å². The summed E-state index contributed by atoms with van der Waals surface area (Å²) in [6.07, 6.45) is 0.933. The number of carboxylic acid groups (broad SMARTS) is 1. The molecule has 0 spiro atoms. The molecule has 0 heterocycles. The number of para-hydroxylation sites is 1. The maximum Gasteiger partial charge on any atom is 0.311 e. The minimum absolute atomic E-state index is 0.361. The van der Waals surface area contributed by atoms with Gasteiger partial charge in [-0.05, 0) is 18.3 Å². The second-order valence-electron chi connectivity index (χ2n) is 2.89. The average Bonchev–Trinajstić information content (AvgIpc) is 2.18. The zero-order chi connectivity index (χ0) is 11.3. The summed E-state index contributed by atoms with van der Waals surface area (Å²) in [5, 5.41) is 11.3. The van der Waals surface area contributed by atoms with Gasteiger partial charge in [0.1, 0.15) is 6.42 Å². The molecular formula is C11H11NO3. The highest BCUT2D eigenvalue weighted by Crippen LogP contribution is 2.16. The number of carbonyl (C=O) groups is 2. The average molecular weight is 205 g/mol. The van der Waals surface area contributed by atoms with Gasteiger partial charge in [0.05, 0.1) is 0 Å². The van der Waals surface area contributed by atoms with Gasteiger partial charge >= 0.3 is 5.97 Å². The summed E-state index contributed by atoms with van der Waals surface area (Å²) in [7, 11) is 0. The highest BCUT2D eigenvalue weighted by molar-refractivity contribution is 6.08. The number of anilines is 1. The van der Waals surface area contributed by atoms with E-state index in [-0.39, 0.29) is 0 Å². The number of carboxylic acids is 1. The molecule has 0 unspecified atom stereocenters. The van der Waals surface area contributed by atoms with Crippen LogP contribution in [0.25, 0.3) is 0 Å². The Labute approximate surface area is 87.2 Å². The van der Waals surface area contributed by atoms with Crippen molar-refractivity contribution in [1.82, 2.24) is 0 Å². The summed E-state index contributed by atoms with van der Waals surface area (Å²) >= 11 is 0. The number of ketones is 1. The van der Waals surface area contributed by atoms with Crippen LogP contribution in [-0.4, -0.2) is 16.9 Å². The van der Waals surface area contributed by atoms with E-state index >= 15 is 0 Å². The summed E-state index contributed by atoms with van der Waals surface area (Å²) in [6.45, 7) is 3.48. The van der Waals surface area contributed by atoms with E-state index in [1.807, 2.05) is 0 Å². The van der Waals surface area contributed by atoms with Crippen molar-refractivity contribution < 1.29 is 14.7 Å². The summed E-state index contributed by atoms with van der Waals surface area (Å²) in [6, 6.07) is 6.71. The molecule has 2 N–H and O–H groups in total. The van der Waals surface area contributed by atoms with Crippen molar-refractivity contribution in [1.29, 1.82) is 0 Å². The van der Waals surface area contributed by atoms with Crippen LogP contribution in [-0.2, 0) is 4.79 Å². The highest BCUT2D eigenvalue weighted by Gasteiger charge is 2.13. The standard InChI is InChI=1S/C11H11NO3/c1-2-12-9-6-4-3-5-8(9)10(13)7-11(14)15/h2-6,12H,1,7H2,(H,14,15). The number of hydrogen-bond donors (Lipinski definition) is 2. The number of aliphatic carboxylic acids is 1. The second-order valence-corrected chi connectivity index (χ2v) is 2.89. The molecule has 0 saturated heterocycles. The maximum atomic E-state index is 11.5. The first-order valence-corrected chi connectivity index (χ1v) is 4.36. The Hall–Kier alpha value is -2.10. The lowest BCUT2D eigenvalue weighted by molar-refractivity contribution is -0.135. The minimum Gasteiger partial charge on any atom is -0.481 e. The molecule has 78 valence electrons. The number of carbonyl (C=O) groups excluding carboxylic acids is 1. The Balaban J connectivity index is 2.96. The van der Waals surface area contributed by atoms with Gasteiger partial charge in [-0.15, -0.1) is 0 Å². The predicted molar refractivity (Wildman–Crippen MR) is 56.8 cm³/mol. The first-order valence-electron chi connectivity index (χ1n) is 4.36. The summed E-state index contributed by atoms with van der Waals surface area (Å²) in [4.78, 5) is 21.9. The number of benzene rings is 1. The maximum absolute atomic E-state index is 11.5. The monoisotopic (exact) mass is 205 g/mol. The zero-order valence-electron chi connectivity index (χ0n) is 8.06. The number of nitrogens with one attached hydrogen (secondary N) is 1. The van der Waals surface area contributed by atoms with Crippen molar-refractivity contribution in [2.24, 2.45) is 0 Å². The van der Waals surface area contributed by atoms with Crippen molar-refractivity contribution in [3.05, 3.63) is 42.6 Å². The van der Waals surface area contributed by atoms with E-state index in [4.69, 9.17) is 5.11 Å². The fourth-order valence-corrected chi connectivity index (χ4v) is 1.19. The van der Waals surface area contributed by atoms with E-state index in [9.17, 15) is 9.59 Å². The third-order valence-corrected chi connectivity index (χ3v) is 1.80. The molecule has 0 aliphatic heterocycles. The van der Waals surface area contributed by atoms with Crippen LogP contribution >= 0.6 is 0 Å². The Morgan fingerprint density at radius 2 is 2.07 bits per heavy atom. The number of rotatable bonds is 5. The van der Waals surface area contributed by atoms with Crippen molar-refractivity contribution in [2.75, 3.05) is 5.32 Å². The quantitative estimate of drug-likeness (QED) is 0.569. The number of hydrogen-bond acceptors (Lipinski definition) is 3. The smallest absolute Gasteiger partial charge is 0.311 e. The van der Waals surface area contributed by atoms with Gasteiger partial charge in [-0.25, -0.2) is 0 Å². The molecule has 1 rings (SSSR count). The Morgan fingerprint density at radius 3 is 2.67 bits per heavy atom. The van der Waals surface area contributed by atoms with Crippen LogP contribution < -0.4 is 5.32 Å². The van der Waals surface area contributed by atoms with Crippen molar-refractivity contribution >= 4 is 17.4 Å². The van der Waals surface area contributed by atoms with Crippen molar-refractivity contribution in [3.63, 3.8) is 0 Å². The summed E-state index contributed by atoms with van der Waals surface area (Å²) in [5.74, 6) is -1.55. The molecule has 0 fully saturated rings. The molecule has 0 bridgehead atoms. The third-order valence-electron chi connectivity index (χ3n) is 1.80. The van der Waals surface area contributed by atoms with Gasteiger partial charge in [-0.1, -0.05) is 18.7 Å². The molecule has 4 nitrogen and oxygen atoms in total. The van der Waals surface area contributed by atoms with Gasteiger partial charge in [0.15, 0.2) is 5.78 Å². The molecular weight excluding hydrogens is 194 g/mol. The molecule has 15 heavy (non-hydrogen) atoms.